The lowest BCUT2D eigenvalue weighted by atomic mass is 10.1. The van der Waals surface area contributed by atoms with E-state index in [0.717, 1.165) is 18.3 Å². The molecule has 0 radical (unpaired) electrons. The molecule has 1 aromatic heterocycles. The Morgan fingerprint density at radius 1 is 1.23 bits per heavy atom. The Hall–Kier alpha value is -2.81. The van der Waals surface area contributed by atoms with Gasteiger partial charge in [-0.1, -0.05) is 12.1 Å². The number of halogens is 2. The lowest BCUT2D eigenvalue weighted by molar-refractivity contribution is -0.384. The number of rotatable bonds is 8. The number of carboxylic acids is 1. The molecule has 3 aromatic rings. The van der Waals surface area contributed by atoms with Crippen molar-refractivity contribution < 1.29 is 19.6 Å². The van der Waals surface area contributed by atoms with Gasteiger partial charge in [-0.05, 0) is 86.6 Å². The van der Waals surface area contributed by atoms with Gasteiger partial charge in [0.25, 0.3) is 0 Å². The number of ether oxygens (including phenoxy) is 1. The molecule has 0 aliphatic rings. The van der Waals surface area contributed by atoms with Gasteiger partial charge in [-0.15, -0.1) is 0 Å². The zero-order chi connectivity index (χ0) is 22.4. The highest BCUT2D eigenvalue weighted by molar-refractivity contribution is 14.1. The standard InChI is InChI=1S/C20H14I2N4O5/c21-15-8-13(10-24-25-19-17(26(29)30)2-1-7-23-19)9-16(22)18(15)31-11-12-3-5-14(6-4-12)20(27)28/h1-10H,11H2,(H,23,25)(H,27,28)/b24-10-. The van der Waals surface area contributed by atoms with E-state index in [2.05, 4.69) is 60.7 Å². The van der Waals surface area contributed by atoms with Gasteiger partial charge < -0.3 is 9.84 Å². The molecule has 0 unspecified atom stereocenters. The Morgan fingerprint density at radius 3 is 2.52 bits per heavy atom. The van der Waals surface area contributed by atoms with Crippen LogP contribution < -0.4 is 10.2 Å². The van der Waals surface area contributed by atoms with Crippen LogP contribution in [0.25, 0.3) is 0 Å². The van der Waals surface area contributed by atoms with Crippen LogP contribution in [-0.2, 0) is 6.61 Å². The van der Waals surface area contributed by atoms with Gasteiger partial charge in [0.05, 0.1) is 23.8 Å². The Balaban J connectivity index is 1.68. The second kappa shape index (κ2) is 10.5. The zero-order valence-electron chi connectivity index (χ0n) is 15.7. The lowest BCUT2D eigenvalue weighted by Gasteiger charge is -2.11. The van der Waals surface area contributed by atoms with Crippen LogP contribution in [0.4, 0.5) is 11.5 Å². The van der Waals surface area contributed by atoms with Gasteiger partial charge in [0, 0.05) is 12.3 Å². The number of hydrogen-bond acceptors (Lipinski definition) is 7. The summed E-state index contributed by atoms with van der Waals surface area (Å²) >= 11 is 4.31. The maximum atomic E-state index is 11.0. The molecular weight excluding hydrogens is 630 g/mol. The first-order chi connectivity index (χ1) is 14.8. The summed E-state index contributed by atoms with van der Waals surface area (Å²) in [5.41, 5.74) is 4.28. The quantitative estimate of drug-likeness (QED) is 0.154. The number of nitrogens with one attached hydrogen (secondary N) is 1. The number of hydrazone groups is 1. The van der Waals surface area contributed by atoms with Crippen LogP contribution in [0.15, 0.2) is 59.8 Å². The number of aromatic nitrogens is 1. The summed E-state index contributed by atoms with van der Waals surface area (Å²) in [5, 5.41) is 24.0. The third kappa shape index (κ3) is 6.10. The lowest BCUT2D eigenvalue weighted by Crippen LogP contribution is -2.02. The van der Waals surface area contributed by atoms with Gasteiger partial charge in [0.1, 0.15) is 12.4 Å². The van der Waals surface area contributed by atoms with E-state index in [4.69, 9.17) is 9.84 Å². The Morgan fingerprint density at radius 2 is 1.90 bits per heavy atom. The first-order valence-electron chi connectivity index (χ1n) is 8.67. The molecule has 2 N–H and O–H groups in total. The van der Waals surface area contributed by atoms with Crippen molar-refractivity contribution in [3.05, 3.63) is 88.7 Å². The molecule has 2 aromatic carbocycles. The second-order valence-electron chi connectivity index (χ2n) is 6.10. The predicted octanol–water partition coefficient (Wildman–Crippen LogP) is 4.92. The molecule has 0 aliphatic carbocycles. The molecule has 0 saturated heterocycles. The van der Waals surface area contributed by atoms with Gasteiger partial charge in [0.15, 0.2) is 0 Å². The fraction of sp³-hybridized carbons (Fsp3) is 0.0500. The third-order valence-electron chi connectivity index (χ3n) is 3.97. The molecule has 31 heavy (non-hydrogen) atoms. The summed E-state index contributed by atoms with van der Waals surface area (Å²) in [4.78, 5) is 25.4. The minimum atomic E-state index is -0.971. The number of anilines is 1. The van der Waals surface area contributed by atoms with E-state index in [-0.39, 0.29) is 17.1 Å². The number of nitro groups is 1. The fourth-order valence-corrected chi connectivity index (χ4v) is 4.62. The topological polar surface area (TPSA) is 127 Å². The molecule has 0 amide bonds. The smallest absolute Gasteiger partial charge is 0.335 e. The van der Waals surface area contributed by atoms with Gasteiger partial charge in [-0.25, -0.2) is 9.78 Å². The van der Waals surface area contributed by atoms with Crippen molar-refractivity contribution >= 4 is 68.9 Å². The molecule has 0 spiro atoms. The predicted molar refractivity (Wildman–Crippen MR) is 132 cm³/mol. The summed E-state index contributed by atoms with van der Waals surface area (Å²) < 4.78 is 7.63. The summed E-state index contributed by atoms with van der Waals surface area (Å²) in [6.45, 7) is 0.296. The monoisotopic (exact) mass is 644 g/mol. The molecular formula is C20H14I2N4O5. The molecule has 11 heteroatoms. The normalized spacial score (nSPS) is 10.8. The maximum absolute atomic E-state index is 11.0. The number of aromatic carboxylic acids is 1. The van der Waals surface area contributed by atoms with Crippen LogP contribution in [-0.4, -0.2) is 27.2 Å². The fourth-order valence-electron chi connectivity index (χ4n) is 2.49. The van der Waals surface area contributed by atoms with Crippen LogP contribution in [0.3, 0.4) is 0 Å². The zero-order valence-corrected chi connectivity index (χ0v) is 20.0. The van der Waals surface area contributed by atoms with Crippen molar-refractivity contribution in [3.63, 3.8) is 0 Å². The van der Waals surface area contributed by atoms with Crippen LogP contribution in [0.2, 0.25) is 0 Å². The highest BCUT2D eigenvalue weighted by Gasteiger charge is 2.13. The molecule has 0 bridgehead atoms. The van der Waals surface area contributed by atoms with Crippen LogP contribution in [0, 0.1) is 17.3 Å². The van der Waals surface area contributed by atoms with Gasteiger partial charge in [0.2, 0.25) is 5.82 Å². The van der Waals surface area contributed by atoms with E-state index in [1.54, 1.807) is 12.1 Å². The molecule has 3 rings (SSSR count). The number of carboxylic acid groups (broad SMARTS) is 1. The first-order valence-corrected chi connectivity index (χ1v) is 10.8. The molecule has 0 atom stereocenters. The van der Waals surface area contributed by atoms with Crippen LogP contribution in [0.5, 0.6) is 5.75 Å². The van der Waals surface area contributed by atoms with Crippen molar-refractivity contribution in [1.82, 2.24) is 4.98 Å². The Bertz CT molecular complexity index is 1130. The Labute approximate surface area is 204 Å². The van der Waals surface area contributed by atoms with Gasteiger partial charge in [-0.2, -0.15) is 5.10 Å². The maximum Gasteiger partial charge on any atom is 0.335 e. The van der Waals surface area contributed by atoms with Gasteiger partial charge >= 0.3 is 11.7 Å². The number of nitrogens with zero attached hydrogens (tertiary/aromatic N) is 3. The highest BCUT2D eigenvalue weighted by atomic mass is 127. The molecule has 1 heterocycles. The van der Waals surface area contributed by atoms with E-state index >= 15 is 0 Å². The molecule has 0 aliphatic heterocycles. The van der Waals surface area contributed by atoms with Crippen molar-refractivity contribution in [2.75, 3.05) is 5.43 Å². The van der Waals surface area contributed by atoms with E-state index < -0.39 is 10.9 Å². The summed E-state index contributed by atoms with van der Waals surface area (Å²) in [7, 11) is 0. The van der Waals surface area contributed by atoms with E-state index in [0.29, 0.717) is 12.4 Å². The van der Waals surface area contributed by atoms with Crippen LogP contribution >= 0.6 is 45.2 Å². The van der Waals surface area contributed by atoms with E-state index in [9.17, 15) is 14.9 Å². The average Bonchev–Trinajstić information content (AvgIpc) is 2.73. The van der Waals surface area contributed by atoms with Crippen molar-refractivity contribution in [2.45, 2.75) is 6.61 Å². The van der Waals surface area contributed by atoms with Gasteiger partial charge in [-0.3, -0.25) is 15.5 Å². The van der Waals surface area contributed by atoms with E-state index in [1.165, 1.54) is 36.7 Å². The van der Waals surface area contributed by atoms with Crippen LogP contribution in [0.1, 0.15) is 21.5 Å². The van der Waals surface area contributed by atoms with Crippen molar-refractivity contribution in [3.8, 4) is 5.75 Å². The molecule has 9 nitrogen and oxygen atoms in total. The largest absolute Gasteiger partial charge is 0.487 e. The minimum Gasteiger partial charge on any atom is -0.487 e. The molecule has 0 fully saturated rings. The Kier molecular flexibility index (Phi) is 7.73. The first kappa shape index (κ1) is 22.9. The van der Waals surface area contributed by atoms with E-state index in [1.807, 2.05) is 12.1 Å². The number of benzene rings is 2. The highest BCUT2D eigenvalue weighted by Crippen LogP contribution is 2.29. The summed E-state index contributed by atoms with van der Waals surface area (Å²) in [6, 6.07) is 13.1. The number of hydrogen-bond donors (Lipinski definition) is 2. The second-order valence-corrected chi connectivity index (χ2v) is 8.43. The van der Waals surface area contributed by atoms with Crippen molar-refractivity contribution in [1.29, 1.82) is 0 Å². The number of pyridine rings is 1. The SMILES string of the molecule is O=C(O)c1ccc(COc2c(I)cc(/C=N\Nc3ncccc3[N+](=O)[O-])cc2I)cc1. The number of carbonyl (C=O) groups is 1. The third-order valence-corrected chi connectivity index (χ3v) is 5.57. The summed E-state index contributed by atoms with van der Waals surface area (Å²) in [5.74, 6) is -0.211. The molecule has 0 saturated carbocycles. The van der Waals surface area contributed by atoms with Crippen molar-refractivity contribution in [2.24, 2.45) is 5.10 Å². The summed E-state index contributed by atoms with van der Waals surface area (Å²) in [6.07, 6.45) is 2.98. The minimum absolute atomic E-state index is 0.0574. The average molecular weight is 644 g/mol. The molecule has 158 valence electrons.